The van der Waals surface area contributed by atoms with Crippen LogP contribution in [0.4, 0.5) is 13.2 Å². The van der Waals surface area contributed by atoms with E-state index in [-0.39, 0.29) is 0 Å². The highest BCUT2D eigenvalue weighted by Crippen LogP contribution is 2.31. The number of carboxylic acid groups (broad SMARTS) is 1. The number of rotatable bonds is 3. The van der Waals surface area contributed by atoms with Gasteiger partial charge in [0, 0.05) is 12.3 Å². The van der Waals surface area contributed by atoms with Crippen LogP contribution >= 0.6 is 0 Å². The minimum atomic E-state index is -4.32. The van der Waals surface area contributed by atoms with E-state index in [1.807, 2.05) is 0 Å². The van der Waals surface area contributed by atoms with Gasteiger partial charge >= 0.3 is 5.97 Å². The average Bonchev–Trinajstić information content (AvgIpc) is 2.81. The Labute approximate surface area is 115 Å². The lowest BCUT2D eigenvalue weighted by Gasteiger charge is -2.06. The van der Waals surface area contributed by atoms with Crippen molar-refractivity contribution in [3.05, 3.63) is 35.3 Å². The minimum absolute atomic E-state index is 0.390. The zero-order chi connectivity index (χ0) is 15.9. The molecule has 1 aromatic heterocycles. The number of hydrogen-bond donors (Lipinski definition) is 1. The molecular weight excluding hydrogens is 315 g/mol. The largest absolute Gasteiger partial charge is 0.476 e. The third kappa shape index (κ3) is 2.61. The first-order valence-electron chi connectivity index (χ1n) is 5.21. The molecule has 2 aromatic rings. The topological polar surface area (TPSA) is 97.5 Å². The molecule has 1 N–H and O–H groups in total. The monoisotopic (exact) mass is 321 g/mol. The number of aromatic nitrogens is 1. The fraction of sp³-hybridized carbons (Fsp3) is 0.0909. The summed E-state index contributed by atoms with van der Waals surface area (Å²) in [5.41, 5.74) is -1.38. The van der Waals surface area contributed by atoms with Gasteiger partial charge in [0.1, 0.15) is 10.7 Å². The van der Waals surface area contributed by atoms with Crippen LogP contribution in [0.2, 0.25) is 0 Å². The summed E-state index contributed by atoms with van der Waals surface area (Å²) in [7, 11) is -4.32. The number of benzene rings is 1. The summed E-state index contributed by atoms with van der Waals surface area (Å²) >= 11 is 0. The lowest BCUT2D eigenvalue weighted by molar-refractivity contribution is 0.0685. The second-order valence-electron chi connectivity index (χ2n) is 4.02. The van der Waals surface area contributed by atoms with Gasteiger partial charge in [0.15, 0.2) is 32.9 Å². The summed E-state index contributed by atoms with van der Waals surface area (Å²) < 4.78 is 68.1. The Balaban J connectivity index is 2.69. The van der Waals surface area contributed by atoms with Crippen molar-refractivity contribution < 1.29 is 36.0 Å². The molecule has 112 valence electrons. The third-order valence-electron chi connectivity index (χ3n) is 2.48. The molecule has 0 atom stereocenters. The molecule has 0 spiro atoms. The lowest BCUT2D eigenvalue weighted by atomic mass is 10.1. The lowest BCUT2D eigenvalue weighted by Crippen LogP contribution is -2.07. The molecule has 1 heterocycles. The summed E-state index contributed by atoms with van der Waals surface area (Å²) in [6, 6.07) is 1.14. The average molecular weight is 321 g/mol. The molecule has 21 heavy (non-hydrogen) atoms. The van der Waals surface area contributed by atoms with Crippen molar-refractivity contribution in [2.45, 2.75) is 4.90 Å². The molecular formula is C11H6F3NO5S. The van der Waals surface area contributed by atoms with E-state index in [9.17, 15) is 26.4 Å². The number of carbonyl (C=O) groups is 1. The number of aromatic carboxylic acids is 1. The second kappa shape index (κ2) is 4.88. The third-order valence-corrected chi connectivity index (χ3v) is 3.60. The fourth-order valence-electron chi connectivity index (χ4n) is 1.60. The van der Waals surface area contributed by atoms with Crippen LogP contribution in [0.3, 0.4) is 0 Å². The standard InChI is InChI=1S/C11H6F3NO5S/c1-21(18,19)10-5(12)2-4(8(13)9(10)14)7-3-6(11(16)17)15-20-7/h2-3H,1H3,(H,16,17). The van der Waals surface area contributed by atoms with Gasteiger partial charge in [-0.1, -0.05) is 5.16 Å². The van der Waals surface area contributed by atoms with Crippen LogP contribution < -0.4 is 0 Å². The maximum absolute atomic E-state index is 13.8. The van der Waals surface area contributed by atoms with Crippen LogP contribution in [-0.4, -0.2) is 30.9 Å². The highest BCUT2D eigenvalue weighted by Gasteiger charge is 2.28. The fourth-order valence-corrected chi connectivity index (χ4v) is 2.43. The van der Waals surface area contributed by atoms with Gasteiger partial charge in [-0.3, -0.25) is 0 Å². The summed E-state index contributed by atoms with van der Waals surface area (Å²) in [6.07, 6.45) is 0.518. The van der Waals surface area contributed by atoms with E-state index in [1.165, 1.54) is 0 Å². The van der Waals surface area contributed by atoms with Gasteiger partial charge in [0.2, 0.25) is 0 Å². The summed E-state index contributed by atoms with van der Waals surface area (Å²) in [4.78, 5) is 9.19. The van der Waals surface area contributed by atoms with Crippen LogP contribution in [0.15, 0.2) is 21.6 Å². The van der Waals surface area contributed by atoms with Crippen LogP contribution in [0, 0.1) is 17.5 Å². The molecule has 0 bridgehead atoms. The van der Waals surface area contributed by atoms with Crippen molar-refractivity contribution in [2.75, 3.05) is 6.26 Å². The number of hydrogen-bond acceptors (Lipinski definition) is 5. The molecule has 2 rings (SSSR count). The maximum Gasteiger partial charge on any atom is 0.358 e. The van der Waals surface area contributed by atoms with Gasteiger partial charge < -0.3 is 9.63 Å². The number of carboxylic acids is 1. The molecule has 0 aliphatic carbocycles. The SMILES string of the molecule is CS(=O)(=O)c1c(F)cc(-c2cc(C(=O)O)no2)c(F)c1F. The molecule has 6 nitrogen and oxygen atoms in total. The van der Waals surface area contributed by atoms with E-state index in [4.69, 9.17) is 5.11 Å². The first kappa shape index (κ1) is 15.0. The molecule has 1 aromatic carbocycles. The van der Waals surface area contributed by atoms with E-state index >= 15 is 0 Å². The van der Waals surface area contributed by atoms with Crippen LogP contribution in [0.1, 0.15) is 10.5 Å². The van der Waals surface area contributed by atoms with E-state index in [0.29, 0.717) is 12.3 Å². The highest BCUT2D eigenvalue weighted by atomic mass is 32.2. The Hall–Kier alpha value is -2.36. The highest BCUT2D eigenvalue weighted by molar-refractivity contribution is 7.90. The van der Waals surface area contributed by atoms with E-state index in [0.717, 1.165) is 6.07 Å². The quantitative estimate of drug-likeness (QED) is 0.867. The zero-order valence-corrected chi connectivity index (χ0v) is 11.0. The van der Waals surface area contributed by atoms with E-state index < -0.39 is 55.2 Å². The van der Waals surface area contributed by atoms with Gasteiger partial charge in [-0.25, -0.2) is 26.4 Å². The Bertz CT molecular complexity index is 844. The molecule has 0 aliphatic heterocycles. The van der Waals surface area contributed by atoms with Crippen molar-refractivity contribution >= 4 is 15.8 Å². The maximum atomic E-state index is 13.8. The van der Waals surface area contributed by atoms with Gasteiger partial charge in [-0.2, -0.15) is 0 Å². The summed E-state index contributed by atoms with van der Waals surface area (Å²) in [5.74, 6) is -7.17. The van der Waals surface area contributed by atoms with Crippen LogP contribution in [-0.2, 0) is 9.84 Å². The van der Waals surface area contributed by atoms with Crippen molar-refractivity contribution in [1.29, 1.82) is 0 Å². The van der Waals surface area contributed by atoms with Crippen molar-refractivity contribution in [2.24, 2.45) is 0 Å². The molecule has 0 saturated heterocycles. The van der Waals surface area contributed by atoms with Crippen molar-refractivity contribution in [3.8, 4) is 11.3 Å². The molecule has 0 unspecified atom stereocenters. The normalized spacial score (nSPS) is 11.6. The molecule has 0 aliphatic rings. The second-order valence-corrected chi connectivity index (χ2v) is 5.97. The minimum Gasteiger partial charge on any atom is -0.476 e. The Morgan fingerprint density at radius 2 is 1.86 bits per heavy atom. The van der Waals surface area contributed by atoms with Crippen LogP contribution in [0.25, 0.3) is 11.3 Å². The Kier molecular flexibility index (Phi) is 3.49. The van der Waals surface area contributed by atoms with Gasteiger partial charge in [-0.15, -0.1) is 0 Å². The molecule has 0 radical (unpaired) electrons. The molecule has 10 heteroatoms. The predicted molar refractivity (Wildman–Crippen MR) is 61.9 cm³/mol. The van der Waals surface area contributed by atoms with Gasteiger partial charge in [0.05, 0.1) is 5.56 Å². The van der Waals surface area contributed by atoms with E-state index in [2.05, 4.69) is 9.68 Å². The Morgan fingerprint density at radius 3 is 2.33 bits per heavy atom. The van der Waals surface area contributed by atoms with Gasteiger partial charge in [0.25, 0.3) is 0 Å². The molecule has 0 amide bonds. The summed E-state index contributed by atoms with van der Waals surface area (Å²) in [5, 5.41) is 11.7. The number of sulfone groups is 1. The first-order valence-corrected chi connectivity index (χ1v) is 7.10. The number of halogens is 3. The van der Waals surface area contributed by atoms with Gasteiger partial charge in [-0.05, 0) is 6.07 Å². The summed E-state index contributed by atoms with van der Waals surface area (Å²) in [6.45, 7) is 0. The van der Waals surface area contributed by atoms with Crippen molar-refractivity contribution in [1.82, 2.24) is 5.16 Å². The molecule has 0 fully saturated rings. The number of nitrogens with zero attached hydrogens (tertiary/aromatic N) is 1. The Morgan fingerprint density at radius 1 is 1.24 bits per heavy atom. The predicted octanol–water partition coefficient (Wildman–Crippen LogP) is 1.86. The van der Waals surface area contributed by atoms with Crippen LogP contribution in [0.5, 0.6) is 0 Å². The zero-order valence-electron chi connectivity index (χ0n) is 10.2. The van der Waals surface area contributed by atoms with E-state index in [1.54, 1.807) is 0 Å². The first-order chi connectivity index (χ1) is 9.62. The van der Waals surface area contributed by atoms with Crippen molar-refractivity contribution in [3.63, 3.8) is 0 Å². The molecule has 0 saturated carbocycles. The smallest absolute Gasteiger partial charge is 0.358 e.